The van der Waals surface area contributed by atoms with Crippen LogP contribution in [0.15, 0.2) is 24.3 Å². The molecule has 2 heterocycles. The van der Waals surface area contributed by atoms with Crippen LogP contribution >= 0.6 is 0 Å². The zero-order valence-electron chi connectivity index (χ0n) is 14.0. The van der Waals surface area contributed by atoms with Crippen molar-refractivity contribution in [2.24, 2.45) is 0 Å². The van der Waals surface area contributed by atoms with E-state index in [2.05, 4.69) is 5.32 Å². The molecule has 9 heteroatoms. The largest absolute Gasteiger partial charge is 0.447 e. The first-order valence-electron chi connectivity index (χ1n) is 8.15. The van der Waals surface area contributed by atoms with Gasteiger partial charge in [-0.2, -0.15) is 0 Å². The molecule has 1 aromatic carbocycles. The molecular weight excluding hydrogens is 346 g/mol. The number of hydrogen-bond acceptors (Lipinski definition) is 5. The van der Waals surface area contributed by atoms with E-state index < -0.39 is 10.0 Å². The Bertz CT molecular complexity index is 754. The Labute approximate surface area is 146 Å². The Hall–Kier alpha value is -2.13. The molecule has 1 aromatic rings. The van der Waals surface area contributed by atoms with Crippen molar-refractivity contribution < 1.29 is 22.7 Å². The second kappa shape index (κ2) is 7.01. The van der Waals surface area contributed by atoms with E-state index in [0.717, 1.165) is 0 Å². The van der Waals surface area contributed by atoms with Crippen LogP contribution in [0.1, 0.15) is 23.2 Å². The Kier molecular flexibility index (Phi) is 4.96. The molecular formula is C16H21N3O5S. The molecule has 2 aliphatic rings. The third-order valence-corrected chi connectivity index (χ3v) is 5.76. The summed E-state index contributed by atoms with van der Waals surface area (Å²) in [4.78, 5) is 25.4. The van der Waals surface area contributed by atoms with Crippen LogP contribution in [-0.4, -0.2) is 63.3 Å². The van der Waals surface area contributed by atoms with Crippen LogP contribution in [0.25, 0.3) is 0 Å². The van der Waals surface area contributed by atoms with E-state index in [1.165, 1.54) is 15.5 Å². The topological polar surface area (TPSA) is 96.0 Å². The van der Waals surface area contributed by atoms with Crippen molar-refractivity contribution in [2.45, 2.75) is 18.9 Å². The Morgan fingerprint density at radius 1 is 1.16 bits per heavy atom. The predicted octanol–water partition coefficient (Wildman–Crippen LogP) is 0.797. The molecule has 8 nitrogen and oxygen atoms in total. The van der Waals surface area contributed by atoms with Gasteiger partial charge < -0.3 is 10.1 Å². The first kappa shape index (κ1) is 17.7. The monoisotopic (exact) mass is 367 g/mol. The maximum atomic E-state index is 12.3. The molecule has 0 spiro atoms. The maximum Gasteiger partial charge on any atom is 0.414 e. The molecule has 0 aromatic heterocycles. The lowest BCUT2D eigenvalue weighted by atomic mass is 10.1. The van der Waals surface area contributed by atoms with Crippen LogP contribution in [0, 0.1) is 0 Å². The van der Waals surface area contributed by atoms with Gasteiger partial charge in [0, 0.05) is 30.4 Å². The van der Waals surface area contributed by atoms with Crippen LogP contribution in [0.4, 0.5) is 10.5 Å². The van der Waals surface area contributed by atoms with E-state index in [0.29, 0.717) is 50.3 Å². The van der Waals surface area contributed by atoms with E-state index in [4.69, 9.17) is 4.74 Å². The number of ether oxygens (including phenoxy) is 1. The van der Waals surface area contributed by atoms with Crippen LogP contribution < -0.4 is 10.2 Å². The average molecular weight is 367 g/mol. The van der Waals surface area contributed by atoms with E-state index in [1.807, 2.05) is 0 Å². The third kappa shape index (κ3) is 4.10. The Morgan fingerprint density at radius 3 is 2.32 bits per heavy atom. The van der Waals surface area contributed by atoms with Crippen LogP contribution in [0.2, 0.25) is 0 Å². The molecule has 2 fully saturated rings. The molecule has 0 aliphatic carbocycles. The Balaban J connectivity index is 1.56. The fourth-order valence-corrected chi connectivity index (χ4v) is 3.90. The number of rotatable bonds is 4. The number of amides is 2. The van der Waals surface area contributed by atoms with Crippen molar-refractivity contribution in [3.05, 3.63) is 29.8 Å². The summed E-state index contributed by atoms with van der Waals surface area (Å²) in [5, 5.41) is 2.94. The number of anilines is 1. The number of hydrogen-bond donors (Lipinski definition) is 1. The minimum atomic E-state index is -3.17. The number of sulfonamides is 1. The van der Waals surface area contributed by atoms with Crippen molar-refractivity contribution in [3.63, 3.8) is 0 Å². The van der Waals surface area contributed by atoms with E-state index in [1.54, 1.807) is 24.3 Å². The zero-order valence-corrected chi connectivity index (χ0v) is 14.8. The summed E-state index contributed by atoms with van der Waals surface area (Å²) in [5.74, 6) is -0.201. The van der Waals surface area contributed by atoms with Gasteiger partial charge in [-0.1, -0.05) is 0 Å². The fourth-order valence-electron chi connectivity index (χ4n) is 3.02. The first-order chi connectivity index (χ1) is 11.8. The molecule has 2 amide bonds. The molecule has 0 bridgehead atoms. The van der Waals surface area contributed by atoms with Crippen molar-refractivity contribution >= 4 is 27.7 Å². The van der Waals surface area contributed by atoms with Crippen molar-refractivity contribution in [2.75, 3.05) is 37.4 Å². The summed E-state index contributed by atoms with van der Waals surface area (Å²) in [6.45, 7) is 1.70. The van der Waals surface area contributed by atoms with Crippen LogP contribution in [0.3, 0.4) is 0 Å². The molecule has 2 aliphatic heterocycles. The first-order valence-corrected chi connectivity index (χ1v) is 10.00. The highest BCUT2D eigenvalue weighted by molar-refractivity contribution is 7.88. The lowest BCUT2D eigenvalue weighted by molar-refractivity contribution is 0.0924. The lowest BCUT2D eigenvalue weighted by Crippen LogP contribution is -2.46. The standard InChI is InChI=1S/C16H21N3O5S/c1-25(22,23)18-8-6-13(7-9-18)17-15(20)12-2-4-14(5-3-12)19-10-11-24-16(19)21/h2-5,13H,6-11H2,1H3,(H,17,20). The normalized spacial score (nSPS) is 19.7. The van der Waals surface area contributed by atoms with E-state index >= 15 is 0 Å². The van der Waals surface area contributed by atoms with E-state index in [-0.39, 0.29) is 18.0 Å². The minimum absolute atomic E-state index is 0.0428. The average Bonchev–Trinajstić information content (AvgIpc) is 3.01. The number of carbonyl (C=O) groups excluding carboxylic acids is 2. The molecule has 0 atom stereocenters. The van der Waals surface area contributed by atoms with E-state index in [9.17, 15) is 18.0 Å². The molecule has 0 unspecified atom stereocenters. The van der Waals surface area contributed by atoms with Gasteiger partial charge >= 0.3 is 6.09 Å². The third-order valence-electron chi connectivity index (χ3n) is 4.46. The van der Waals surface area contributed by atoms with Gasteiger partial charge in [0.05, 0.1) is 12.8 Å². The van der Waals surface area contributed by atoms with Crippen molar-refractivity contribution in [1.29, 1.82) is 0 Å². The highest BCUT2D eigenvalue weighted by Crippen LogP contribution is 2.20. The minimum Gasteiger partial charge on any atom is -0.447 e. The summed E-state index contributed by atoms with van der Waals surface area (Å²) < 4.78 is 29.3. The molecule has 0 radical (unpaired) electrons. The Morgan fingerprint density at radius 2 is 1.80 bits per heavy atom. The molecule has 25 heavy (non-hydrogen) atoms. The van der Waals surface area contributed by atoms with Gasteiger partial charge in [0.1, 0.15) is 6.61 Å². The summed E-state index contributed by atoms with van der Waals surface area (Å²) >= 11 is 0. The SMILES string of the molecule is CS(=O)(=O)N1CCC(NC(=O)c2ccc(N3CCOC3=O)cc2)CC1. The number of carbonyl (C=O) groups is 2. The fraction of sp³-hybridized carbons (Fsp3) is 0.500. The molecule has 1 N–H and O–H groups in total. The van der Waals surface area contributed by atoms with Gasteiger partial charge in [-0.15, -0.1) is 0 Å². The molecule has 136 valence electrons. The number of nitrogens with one attached hydrogen (secondary N) is 1. The summed E-state index contributed by atoms with van der Waals surface area (Å²) in [5.41, 5.74) is 1.20. The second-order valence-electron chi connectivity index (χ2n) is 6.22. The number of cyclic esters (lactones) is 1. The number of benzene rings is 1. The van der Waals surface area contributed by atoms with Gasteiger partial charge in [0.2, 0.25) is 10.0 Å². The van der Waals surface area contributed by atoms with Gasteiger partial charge in [0.25, 0.3) is 5.91 Å². The van der Waals surface area contributed by atoms with Crippen LogP contribution in [-0.2, 0) is 14.8 Å². The summed E-state index contributed by atoms with van der Waals surface area (Å²) in [6, 6.07) is 6.73. The van der Waals surface area contributed by atoms with Gasteiger partial charge in [0.15, 0.2) is 0 Å². The van der Waals surface area contributed by atoms with Crippen molar-refractivity contribution in [3.8, 4) is 0 Å². The van der Waals surface area contributed by atoms with Gasteiger partial charge in [-0.25, -0.2) is 17.5 Å². The highest BCUT2D eigenvalue weighted by Gasteiger charge is 2.26. The summed E-state index contributed by atoms with van der Waals surface area (Å²) in [6.07, 6.45) is 2.01. The number of nitrogens with zero attached hydrogens (tertiary/aromatic N) is 2. The van der Waals surface area contributed by atoms with Gasteiger partial charge in [-0.3, -0.25) is 9.69 Å². The molecule has 3 rings (SSSR count). The zero-order chi connectivity index (χ0) is 18.0. The highest BCUT2D eigenvalue weighted by atomic mass is 32.2. The smallest absolute Gasteiger partial charge is 0.414 e. The lowest BCUT2D eigenvalue weighted by Gasteiger charge is -2.30. The quantitative estimate of drug-likeness (QED) is 0.849. The molecule has 0 saturated carbocycles. The second-order valence-corrected chi connectivity index (χ2v) is 8.21. The predicted molar refractivity (Wildman–Crippen MR) is 92.0 cm³/mol. The summed E-state index contributed by atoms with van der Waals surface area (Å²) in [7, 11) is -3.17. The van der Waals surface area contributed by atoms with Gasteiger partial charge in [-0.05, 0) is 37.1 Å². The maximum absolute atomic E-state index is 12.3. The van der Waals surface area contributed by atoms with Crippen molar-refractivity contribution in [1.82, 2.24) is 9.62 Å². The van der Waals surface area contributed by atoms with Crippen LogP contribution in [0.5, 0.6) is 0 Å². The molecule has 2 saturated heterocycles. The number of piperidine rings is 1.